The number of para-hydroxylation sites is 2. The average Bonchev–Trinajstić information content (AvgIpc) is 3.19. The molecule has 1 aromatic heterocycles. The van der Waals surface area contributed by atoms with Crippen molar-refractivity contribution in [3.63, 3.8) is 0 Å². The first-order valence-corrected chi connectivity index (χ1v) is 11.1. The van der Waals surface area contributed by atoms with Crippen molar-refractivity contribution in [3.05, 3.63) is 59.6 Å². The van der Waals surface area contributed by atoms with Crippen molar-refractivity contribution in [3.8, 4) is 5.75 Å². The summed E-state index contributed by atoms with van der Waals surface area (Å²) in [5.41, 5.74) is 1.07. The summed E-state index contributed by atoms with van der Waals surface area (Å²) in [6.45, 7) is 3.55. The minimum atomic E-state index is 0.230. The van der Waals surface area contributed by atoms with Crippen molar-refractivity contribution in [2.45, 2.75) is 18.8 Å². The number of benzene rings is 2. The zero-order valence-electron chi connectivity index (χ0n) is 16.8. The van der Waals surface area contributed by atoms with Crippen LogP contribution in [0.5, 0.6) is 5.75 Å². The molecule has 0 spiro atoms. The molecule has 1 N–H and O–H groups in total. The van der Waals surface area contributed by atoms with E-state index < -0.39 is 0 Å². The normalized spacial score (nSPS) is 18.0. The zero-order chi connectivity index (χ0) is 20.1. The number of nitrogens with zero attached hydrogens (tertiary/aromatic N) is 2. The van der Waals surface area contributed by atoms with E-state index >= 15 is 0 Å². The molecule has 0 aliphatic carbocycles. The largest absolute Gasteiger partial charge is 0.488 e. The van der Waals surface area contributed by atoms with E-state index in [4.69, 9.17) is 9.72 Å². The second kappa shape index (κ2) is 9.37. The first kappa shape index (κ1) is 19.9. The Kier molecular flexibility index (Phi) is 6.42. The van der Waals surface area contributed by atoms with Gasteiger partial charge in [0.1, 0.15) is 18.9 Å². The Morgan fingerprint density at radius 2 is 2.00 bits per heavy atom. The molecule has 152 valence electrons. The fraction of sp³-hybridized carbons (Fsp3) is 0.391. The summed E-state index contributed by atoms with van der Waals surface area (Å²) in [6, 6.07) is 18.1. The first-order valence-electron chi connectivity index (χ1n) is 10.3. The second-order valence-corrected chi connectivity index (χ2v) is 8.81. The Morgan fingerprint density at radius 1 is 1.21 bits per heavy atom. The van der Waals surface area contributed by atoms with Crippen LogP contribution in [0.4, 0.5) is 0 Å². The van der Waals surface area contributed by atoms with Gasteiger partial charge in [-0.05, 0) is 37.1 Å². The van der Waals surface area contributed by atoms with Gasteiger partial charge in [0, 0.05) is 19.0 Å². The van der Waals surface area contributed by atoms with Crippen molar-refractivity contribution in [2.75, 3.05) is 39.8 Å². The van der Waals surface area contributed by atoms with Gasteiger partial charge < -0.3 is 14.5 Å². The van der Waals surface area contributed by atoms with Gasteiger partial charge in [-0.1, -0.05) is 30.3 Å². The third kappa shape index (κ3) is 5.14. The number of fused-ring (bicyclic) bond motifs is 1. The molecular formula is C23H28N3O2S+. The standard InChI is InChI=1S/C23H27N3O2S/c1-25(14-15-28-19-9-3-2-4-10-19)17-22(27)26-13-7-8-18(16-26)23-24-20-11-5-6-12-21(20)29-23/h2-6,9-12,18H,7-8,13-17H2,1H3/p+1/t18-/m0/s1. The molecule has 29 heavy (non-hydrogen) atoms. The van der Waals surface area contributed by atoms with Crippen LogP contribution in [-0.2, 0) is 4.79 Å². The number of ether oxygens (including phenoxy) is 1. The van der Waals surface area contributed by atoms with Crippen LogP contribution in [0.1, 0.15) is 23.8 Å². The first-order chi connectivity index (χ1) is 14.2. The SMILES string of the molecule is C[NH+](CCOc1ccccc1)CC(=O)N1CCC[C@H](c2nc3ccccc3s2)C1. The molecule has 0 saturated carbocycles. The molecule has 3 aromatic rings. The summed E-state index contributed by atoms with van der Waals surface area (Å²) in [4.78, 5) is 20.9. The maximum absolute atomic E-state index is 12.8. The van der Waals surface area contributed by atoms with Crippen LogP contribution < -0.4 is 9.64 Å². The topological polar surface area (TPSA) is 46.9 Å². The van der Waals surface area contributed by atoms with Crippen molar-refractivity contribution in [2.24, 2.45) is 0 Å². The molecule has 1 unspecified atom stereocenters. The van der Waals surface area contributed by atoms with Gasteiger partial charge in [0.05, 0.1) is 22.3 Å². The molecule has 1 fully saturated rings. The number of amides is 1. The lowest BCUT2D eigenvalue weighted by Crippen LogP contribution is -3.10. The monoisotopic (exact) mass is 410 g/mol. The number of piperidine rings is 1. The number of thiazole rings is 1. The predicted octanol–water partition coefficient (Wildman–Crippen LogP) is 2.60. The highest BCUT2D eigenvalue weighted by Crippen LogP contribution is 2.32. The highest BCUT2D eigenvalue weighted by Gasteiger charge is 2.28. The Bertz CT molecular complexity index is 910. The zero-order valence-corrected chi connectivity index (χ0v) is 17.7. The van der Waals surface area contributed by atoms with Crippen LogP contribution in [0.3, 0.4) is 0 Å². The highest BCUT2D eigenvalue weighted by molar-refractivity contribution is 7.18. The van der Waals surface area contributed by atoms with Crippen molar-refractivity contribution >= 4 is 27.5 Å². The van der Waals surface area contributed by atoms with E-state index in [0.717, 1.165) is 43.7 Å². The summed E-state index contributed by atoms with van der Waals surface area (Å²) in [5.74, 6) is 1.46. The third-order valence-electron chi connectivity index (χ3n) is 5.43. The van der Waals surface area contributed by atoms with Crippen LogP contribution in [-0.4, -0.2) is 55.6 Å². The Balaban J connectivity index is 1.28. The molecule has 5 nitrogen and oxygen atoms in total. The van der Waals surface area contributed by atoms with E-state index in [2.05, 4.69) is 25.2 Å². The number of likely N-dealkylation sites (N-methyl/N-ethyl adjacent to an activating group) is 1. The van der Waals surface area contributed by atoms with E-state index in [1.807, 2.05) is 41.3 Å². The van der Waals surface area contributed by atoms with Crippen molar-refractivity contribution < 1.29 is 14.4 Å². The Morgan fingerprint density at radius 3 is 2.83 bits per heavy atom. The van der Waals surface area contributed by atoms with Gasteiger partial charge in [-0.3, -0.25) is 4.79 Å². The van der Waals surface area contributed by atoms with E-state index in [9.17, 15) is 4.79 Å². The highest BCUT2D eigenvalue weighted by atomic mass is 32.1. The third-order valence-corrected chi connectivity index (χ3v) is 6.63. The summed E-state index contributed by atoms with van der Waals surface area (Å²) in [5, 5.41) is 1.17. The number of hydrogen-bond acceptors (Lipinski definition) is 4. The smallest absolute Gasteiger partial charge is 0.277 e. The fourth-order valence-corrected chi connectivity index (χ4v) is 4.88. The lowest BCUT2D eigenvalue weighted by atomic mass is 9.98. The summed E-state index contributed by atoms with van der Waals surface area (Å²) in [7, 11) is 2.06. The summed E-state index contributed by atoms with van der Waals surface area (Å²) in [6.07, 6.45) is 2.15. The van der Waals surface area contributed by atoms with Crippen LogP contribution >= 0.6 is 11.3 Å². The molecule has 1 amide bonds. The van der Waals surface area contributed by atoms with Crippen LogP contribution in [0.2, 0.25) is 0 Å². The van der Waals surface area contributed by atoms with E-state index in [0.29, 0.717) is 19.1 Å². The van der Waals surface area contributed by atoms with Gasteiger partial charge in [-0.25, -0.2) is 4.98 Å². The van der Waals surface area contributed by atoms with E-state index in [-0.39, 0.29) is 5.91 Å². The van der Waals surface area contributed by atoms with Crippen LogP contribution in [0.15, 0.2) is 54.6 Å². The number of likely N-dealkylation sites (tertiary alicyclic amines) is 1. The minimum Gasteiger partial charge on any atom is -0.488 e. The van der Waals surface area contributed by atoms with Gasteiger partial charge in [-0.2, -0.15) is 0 Å². The molecular weight excluding hydrogens is 382 g/mol. The number of nitrogens with one attached hydrogen (secondary N) is 1. The van der Waals surface area contributed by atoms with Gasteiger partial charge in [0.2, 0.25) is 0 Å². The second-order valence-electron chi connectivity index (χ2n) is 7.74. The maximum atomic E-state index is 12.8. The van der Waals surface area contributed by atoms with E-state index in [1.165, 1.54) is 14.6 Å². The molecule has 0 radical (unpaired) electrons. The summed E-state index contributed by atoms with van der Waals surface area (Å²) >= 11 is 1.77. The molecule has 1 aliphatic rings. The van der Waals surface area contributed by atoms with Gasteiger partial charge in [-0.15, -0.1) is 11.3 Å². The number of carbonyl (C=O) groups is 1. The lowest BCUT2D eigenvalue weighted by Gasteiger charge is -2.32. The number of carbonyl (C=O) groups excluding carboxylic acids is 1. The van der Waals surface area contributed by atoms with Crippen LogP contribution in [0, 0.1) is 0 Å². The number of rotatable bonds is 7. The van der Waals surface area contributed by atoms with Crippen molar-refractivity contribution in [1.29, 1.82) is 0 Å². The average molecular weight is 411 g/mol. The molecule has 1 saturated heterocycles. The van der Waals surface area contributed by atoms with Crippen LogP contribution in [0.25, 0.3) is 10.2 Å². The quantitative estimate of drug-likeness (QED) is 0.651. The molecule has 0 bridgehead atoms. The number of quaternary nitrogens is 1. The van der Waals surface area contributed by atoms with Gasteiger partial charge in [0.15, 0.2) is 6.54 Å². The maximum Gasteiger partial charge on any atom is 0.277 e. The predicted molar refractivity (Wildman–Crippen MR) is 117 cm³/mol. The number of hydrogen-bond donors (Lipinski definition) is 1. The Hall–Kier alpha value is -2.44. The molecule has 2 heterocycles. The lowest BCUT2D eigenvalue weighted by molar-refractivity contribution is -0.871. The minimum absolute atomic E-state index is 0.230. The molecule has 1 aliphatic heterocycles. The molecule has 6 heteroatoms. The fourth-order valence-electron chi connectivity index (χ4n) is 3.79. The Labute approximate surface area is 175 Å². The van der Waals surface area contributed by atoms with Gasteiger partial charge in [0.25, 0.3) is 5.91 Å². The summed E-state index contributed by atoms with van der Waals surface area (Å²) < 4.78 is 6.98. The van der Waals surface area contributed by atoms with Gasteiger partial charge >= 0.3 is 0 Å². The molecule has 2 aromatic carbocycles. The molecule has 2 atom stereocenters. The van der Waals surface area contributed by atoms with E-state index in [1.54, 1.807) is 11.3 Å². The van der Waals surface area contributed by atoms with Crippen molar-refractivity contribution in [1.82, 2.24) is 9.88 Å². The molecule has 4 rings (SSSR count). The number of aromatic nitrogens is 1.